The lowest BCUT2D eigenvalue weighted by molar-refractivity contribution is -0.120. The van der Waals surface area contributed by atoms with Gasteiger partial charge in [-0.05, 0) is 32.8 Å². The van der Waals surface area contributed by atoms with Gasteiger partial charge in [-0.3, -0.25) is 4.79 Å². The molecule has 4 nitrogen and oxygen atoms in total. The van der Waals surface area contributed by atoms with E-state index in [2.05, 4.69) is 6.58 Å². The number of rotatable bonds is 4. The molecule has 2 atom stereocenters. The van der Waals surface area contributed by atoms with Gasteiger partial charge < -0.3 is 14.6 Å². The van der Waals surface area contributed by atoms with E-state index in [0.717, 1.165) is 0 Å². The van der Waals surface area contributed by atoms with E-state index < -0.39 is 11.2 Å². The van der Waals surface area contributed by atoms with E-state index in [1.165, 1.54) is 6.08 Å². The number of carbonyl (C=O) groups excluding carboxylic acids is 1. The smallest absolute Gasteiger partial charge is 0.190 e. The summed E-state index contributed by atoms with van der Waals surface area (Å²) in [4.78, 5) is 11.9. The number of ether oxygens (including phenoxy) is 2. The Bertz CT molecular complexity index is 442. The van der Waals surface area contributed by atoms with Crippen LogP contribution in [-0.2, 0) is 14.3 Å². The van der Waals surface area contributed by atoms with Crippen molar-refractivity contribution in [2.45, 2.75) is 37.9 Å². The second kappa shape index (κ2) is 4.94. The molecule has 0 amide bonds. The van der Waals surface area contributed by atoms with Crippen molar-refractivity contribution in [3.8, 4) is 0 Å². The van der Waals surface area contributed by atoms with Crippen molar-refractivity contribution in [2.75, 3.05) is 6.79 Å². The van der Waals surface area contributed by atoms with E-state index >= 15 is 0 Å². The monoisotopic (exact) mass is 264 g/mol. The highest BCUT2D eigenvalue weighted by molar-refractivity contribution is 5.94. The summed E-state index contributed by atoms with van der Waals surface area (Å²) < 4.78 is 11.1. The first-order valence-corrected chi connectivity index (χ1v) is 6.43. The second-order valence-corrected chi connectivity index (χ2v) is 5.62. The largest absolute Gasteiger partial charge is 0.468 e. The lowest BCUT2D eigenvalue weighted by atomic mass is 9.78. The zero-order valence-corrected chi connectivity index (χ0v) is 11.4. The van der Waals surface area contributed by atoms with Crippen LogP contribution >= 0.6 is 0 Å². The Hall–Kier alpha value is -1.39. The third-order valence-electron chi connectivity index (χ3n) is 3.38. The molecule has 0 radical (unpaired) electrons. The molecule has 104 valence electrons. The van der Waals surface area contributed by atoms with Crippen LogP contribution in [0.3, 0.4) is 0 Å². The van der Waals surface area contributed by atoms with Crippen molar-refractivity contribution in [3.05, 3.63) is 36.6 Å². The van der Waals surface area contributed by atoms with Crippen LogP contribution in [0.4, 0.5) is 0 Å². The first kappa shape index (κ1) is 14.0. The van der Waals surface area contributed by atoms with Gasteiger partial charge >= 0.3 is 0 Å². The van der Waals surface area contributed by atoms with Gasteiger partial charge in [-0.15, -0.1) is 6.58 Å². The van der Waals surface area contributed by atoms with Crippen LogP contribution in [0.25, 0.3) is 0 Å². The molecule has 0 aromatic carbocycles. The van der Waals surface area contributed by atoms with Crippen LogP contribution in [0.15, 0.2) is 36.6 Å². The molecule has 19 heavy (non-hydrogen) atoms. The summed E-state index contributed by atoms with van der Waals surface area (Å²) in [7, 11) is 0. The Balaban J connectivity index is 2.31. The maximum absolute atomic E-state index is 11.9. The quantitative estimate of drug-likeness (QED) is 0.790. The van der Waals surface area contributed by atoms with Crippen LogP contribution in [0.5, 0.6) is 0 Å². The highest BCUT2D eigenvalue weighted by Gasteiger charge is 2.46. The molecule has 1 N–H and O–H groups in total. The van der Waals surface area contributed by atoms with Gasteiger partial charge in [0.15, 0.2) is 12.6 Å². The highest BCUT2D eigenvalue weighted by Crippen LogP contribution is 2.41. The van der Waals surface area contributed by atoms with Crippen LogP contribution in [0.2, 0.25) is 0 Å². The van der Waals surface area contributed by atoms with Crippen molar-refractivity contribution in [1.29, 1.82) is 0 Å². The second-order valence-electron chi connectivity index (χ2n) is 5.62. The number of allylic oxidation sites excluding steroid dienone is 2. The Morgan fingerprint density at radius 2 is 2.37 bits per heavy atom. The van der Waals surface area contributed by atoms with Gasteiger partial charge in [0.1, 0.15) is 11.4 Å². The van der Waals surface area contributed by atoms with E-state index in [-0.39, 0.29) is 18.5 Å². The Morgan fingerprint density at radius 3 is 3.00 bits per heavy atom. The summed E-state index contributed by atoms with van der Waals surface area (Å²) in [5, 5.41) is 9.80. The van der Waals surface area contributed by atoms with Crippen molar-refractivity contribution in [1.82, 2.24) is 0 Å². The van der Waals surface area contributed by atoms with Crippen LogP contribution in [0, 0.1) is 5.92 Å². The summed E-state index contributed by atoms with van der Waals surface area (Å²) in [5.74, 6) is 0.445. The molecule has 0 bridgehead atoms. The number of hydrogen-bond acceptors (Lipinski definition) is 4. The van der Waals surface area contributed by atoms with E-state index in [4.69, 9.17) is 9.47 Å². The molecule has 2 rings (SSSR count). The topological polar surface area (TPSA) is 55.8 Å². The molecule has 1 aliphatic heterocycles. The molecule has 1 heterocycles. The van der Waals surface area contributed by atoms with E-state index in [0.29, 0.717) is 18.6 Å². The van der Waals surface area contributed by atoms with Gasteiger partial charge in [-0.1, -0.05) is 12.2 Å². The average molecular weight is 264 g/mol. The average Bonchev–Trinajstić information content (AvgIpc) is 2.70. The van der Waals surface area contributed by atoms with E-state index in [1.54, 1.807) is 32.1 Å². The summed E-state index contributed by atoms with van der Waals surface area (Å²) >= 11 is 0. The minimum Gasteiger partial charge on any atom is -0.468 e. The summed E-state index contributed by atoms with van der Waals surface area (Å²) in [6, 6.07) is 0. The summed E-state index contributed by atoms with van der Waals surface area (Å²) in [6.07, 6.45) is 7.87. The third kappa shape index (κ3) is 2.96. The predicted molar refractivity (Wildman–Crippen MR) is 71.2 cm³/mol. The molecule has 1 fully saturated rings. The van der Waals surface area contributed by atoms with Crippen molar-refractivity contribution < 1.29 is 19.4 Å². The molecule has 1 saturated heterocycles. The molecular weight excluding hydrogens is 244 g/mol. The Kier molecular flexibility index (Phi) is 3.65. The third-order valence-corrected chi connectivity index (χ3v) is 3.38. The lowest BCUT2D eigenvalue weighted by Gasteiger charge is -2.31. The first-order valence-electron chi connectivity index (χ1n) is 6.43. The number of fused-ring (bicyclic) bond motifs is 1. The molecule has 4 heteroatoms. The van der Waals surface area contributed by atoms with Gasteiger partial charge in [-0.25, -0.2) is 0 Å². The number of aliphatic hydroxyl groups is 1. The van der Waals surface area contributed by atoms with E-state index in [9.17, 15) is 9.90 Å². The molecule has 0 saturated carbocycles. The zero-order valence-electron chi connectivity index (χ0n) is 11.4. The van der Waals surface area contributed by atoms with Crippen LogP contribution in [0.1, 0.15) is 26.7 Å². The van der Waals surface area contributed by atoms with Crippen molar-refractivity contribution in [3.63, 3.8) is 0 Å². The van der Waals surface area contributed by atoms with Gasteiger partial charge in [0.2, 0.25) is 0 Å². The van der Waals surface area contributed by atoms with E-state index in [1.807, 2.05) is 0 Å². The molecule has 1 aliphatic carbocycles. The Labute approximate surface area is 113 Å². The molecular formula is C15H20O4. The Morgan fingerprint density at radius 1 is 1.63 bits per heavy atom. The maximum atomic E-state index is 11.9. The minimum atomic E-state index is -0.929. The fourth-order valence-electron chi connectivity index (χ4n) is 2.37. The van der Waals surface area contributed by atoms with Gasteiger partial charge in [0.05, 0.1) is 5.60 Å². The lowest BCUT2D eigenvalue weighted by Crippen LogP contribution is -2.37. The minimum absolute atomic E-state index is 0.0488. The molecule has 0 spiro atoms. The molecule has 2 aliphatic rings. The zero-order chi connectivity index (χ0) is 14.1. The maximum Gasteiger partial charge on any atom is 0.190 e. The van der Waals surface area contributed by atoms with Crippen LogP contribution < -0.4 is 0 Å². The number of carbonyl (C=O) groups is 1. The van der Waals surface area contributed by atoms with Crippen LogP contribution in [-0.4, -0.2) is 28.9 Å². The fraction of sp³-hybridized carbons (Fsp3) is 0.533. The molecule has 0 aromatic heterocycles. The fourth-order valence-corrected chi connectivity index (χ4v) is 2.37. The summed E-state index contributed by atoms with van der Waals surface area (Å²) in [5.41, 5.74) is -1.65. The molecule has 2 unspecified atom stereocenters. The highest BCUT2D eigenvalue weighted by atomic mass is 16.7. The number of ketones is 1. The predicted octanol–water partition coefficient (Wildman–Crippen LogP) is 2.11. The van der Waals surface area contributed by atoms with Gasteiger partial charge in [0, 0.05) is 12.0 Å². The number of hydrogen-bond donors (Lipinski definition) is 1. The standard InChI is InChI=1S/C15H20O4/c1-4-5-11-9-15(7-6-14(2,3)17)13(8-12(11)16)18-10-19-15/h4,6-8,11,17H,1,5,9-10H2,2-3H3. The van der Waals surface area contributed by atoms with Gasteiger partial charge in [0.25, 0.3) is 0 Å². The van der Waals surface area contributed by atoms with Crippen molar-refractivity contribution in [2.24, 2.45) is 5.92 Å². The normalized spacial score (nSPS) is 31.0. The molecule has 0 aromatic rings. The first-order chi connectivity index (χ1) is 8.86. The SMILES string of the molecule is C=CCC1CC2(C=CC(C)(C)O)OCOC2=CC1=O. The van der Waals surface area contributed by atoms with Gasteiger partial charge in [-0.2, -0.15) is 0 Å². The summed E-state index contributed by atoms with van der Waals surface area (Å²) in [6.45, 7) is 7.19. The van der Waals surface area contributed by atoms with Crippen molar-refractivity contribution >= 4 is 5.78 Å².